The fraction of sp³-hybridized carbons (Fsp3) is 0.444. The lowest BCUT2D eigenvalue weighted by atomic mass is 10.1. The van der Waals surface area contributed by atoms with Crippen molar-refractivity contribution in [1.29, 1.82) is 0 Å². The minimum atomic E-state index is 0.221. The monoisotopic (exact) mass is 329 g/mol. The number of carbonyl (C=O) groups excluding carboxylic acids is 1. The predicted octanol–water partition coefficient (Wildman–Crippen LogP) is 3.18. The molecule has 1 aromatic heterocycles. The van der Waals surface area contributed by atoms with Gasteiger partial charge in [-0.2, -0.15) is 0 Å². The molecule has 2 aromatic rings. The van der Waals surface area contributed by atoms with Gasteiger partial charge in [-0.05, 0) is 37.8 Å². The summed E-state index contributed by atoms with van der Waals surface area (Å²) >= 11 is 1.67. The first-order chi connectivity index (χ1) is 11.1. The van der Waals surface area contributed by atoms with Gasteiger partial charge in [-0.25, -0.2) is 4.99 Å². The van der Waals surface area contributed by atoms with E-state index in [1.165, 1.54) is 11.3 Å². The highest BCUT2D eigenvalue weighted by molar-refractivity contribution is 7.09. The summed E-state index contributed by atoms with van der Waals surface area (Å²) in [5, 5.41) is 0. The van der Waals surface area contributed by atoms with Gasteiger partial charge in [0.2, 0.25) is 5.91 Å². The van der Waals surface area contributed by atoms with Crippen molar-refractivity contribution in [2.45, 2.75) is 32.6 Å². The smallest absolute Gasteiger partial charge is 0.227 e. The van der Waals surface area contributed by atoms with Gasteiger partial charge in [-0.3, -0.25) is 4.79 Å². The molecular weight excluding hydrogens is 306 g/mol. The first kappa shape index (κ1) is 16.0. The summed E-state index contributed by atoms with van der Waals surface area (Å²) < 4.78 is 2.03. The second-order valence-electron chi connectivity index (χ2n) is 6.09. The van der Waals surface area contributed by atoms with Crippen LogP contribution in [0.15, 0.2) is 35.5 Å². The number of aryl methyl sites for hydroxylation is 2. The summed E-state index contributed by atoms with van der Waals surface area (Å²) in [4.78, 5) is 21.5. The molecule has 1 aliphatic rings. The summed E-state index contributed by atoms with van der Waals surface area (Å²) in [5.74, 6) is 0.221. The molecule has 0 saturated carbocycles. The molecule has 0 spiro atoms. The molecule has 0 N–H and O–H groups in total. The number of aromatic nitrogens is 1. The van der Waals surface area contributed by atoms with Crippen molar-refractivity contribution in [3.63, 3.8) is 0 Å². The van der Waals surface area contributed by atoms with Gasteiger partial charge in [0.15, 0.2) is 4.80 Å². The van der Waals surface area contributed by atoms with Crippen LogP contribution in [0.25, 0.3) is 0 Å². The Kier molecular flexibility index (Phi) is 4.96. The average Bonchev–Trinajstić information content (AvgIpc) is 2.87. The normalized spacial score (nSPS) is 15.9. The van der Waals surface area contributed by atoms with Crippen LogP contribution in [0.5, 0.6) is 0 Å². The number of amides is 1. The molecule has 1 aromatic carbocycles. The third kappa shape index (κ3) is 3.91. The number of nitrogens with zero attached hydrogens (tertiary/aromatic N) is 3. The van der Waals surface area contributed by atoms with Crippen LogP contribution in [0.2, 0.25) is 0 Å². The molecular formula is C18H23N3OS. The highest BCUT2D eigenvalue weighted by Gasteiger charge is 2.17. The molecule has 0 unspecified atom stereocenters. The van der Waals surface area contributed by atoms with Gasteiger partial charge in [0.25, 0.3) is 0 Å². The number of para-hydroxylation sites is 1. The van der Waals surface area contributed by atoms with Crippen molar-refractivity contribution in [1.82, 2.24) is 9.47 Å². The van der Waals surface area contributed by atoms with Crippen LogP contribution < -0.4 is 4.80 Å². The Labute approximate surface area is 141 Å². The Bertz CT molecular complexity index is 754. The molecule has 0 bridgehead atoms. The van der Waals surface area contributed by atoms with Gasteiger partial charge in [0.05, 0.1) is 12.1 Å². The largest absolute Gasteiger partial charge is 0.342 e. The molecule has 1 fully saturated rings. The first-order valence-electron chi connectivity index (χ1n) is 8.17. The second kappa shape index (κ2) is 7.13. The number of thiazole rings is 1. The molecule has 0 atom stereocenters. The van der Waals surface area contributed by atoms with Gasteiger partial charge in [-0.15, -0.1) is 11.3 Å². The first-order valence-corrected chi connectivity index (χ1v) is 8.98. The zero-order chi connectivity index (χ0) is 16.2. The molecule has 0 radical (unpaired) electrons. The maximum atomic E-state index is 12.5. The molecule has 23 heavy (non-hydrogen) atoms. The summed E-state index contributed by atoms with van der Waals surface area (Å²) in [6.45, 7) is 3.88. The summed E-state index contributed by atoms with van der Waals surface area (Å²) in [6.07, 6.45) is 6.01. The third-order valence-corrected chi connectivity index (χ3v) is 5.18. The molecule has 0 aliphatic carbocycles. The van der Waals surface area contributed by atoms with Crippen LogP contribution in [0.3, 0.4) is 0 Å². The van der Waals surface area contributed by atoms with E-state index in [9.17, 15) is 4.79 Å². The number of rotatable bonds is 3. The highest BCUT2D eigenvalue weighted by atomic mass is 32.1. The third-order valence-electron chi connectivity index (χ3n) is 4.19. The number of likely N-dealkylation sites (tertiary alicyclic amines) is 1. The summed E-state index contributed by atoms with van der Waals surface area (Å²) in [7, 11) is 2.00. The molecule has 5 heteroatoms. The van der Waals surface area contributed by atoms with Crippen LogP contribution in [-0.4, -0.2) is 28.5 Å². The Morgan fingerprint density at radius 2 is 1.96 bits per heavy atom. The van der Waals surface area contributed by atoms with Gasteiger partial charge in [0.1, 0.15) is 0 Å². The lowest BCUT2D eigenvalue weighted by molar-refractivity contribution is -0.131. The minimum Gasteiger partial charge on any atom is -0.342 e. The predicted molar refractivity (Wildman–Crippen MR) is 93.8 cm³/mol. The number of hydrogen-bond donors (Lipinski definition) is 0. The van der Waals surface area contributed by atoms with Crippen LogP contribution in [0.4, 0.5) is 5.69 Å². The zero-order valence-corrected chi connectivity index (χ0v) is 14.6. The quantitative estimate of drug-likeness (QED) is 0.852. The Hall–Kier alpha value is -1.88. The maximum absolute atomic E-state index is 12.5. The summed E-state index contributed by atoms with van der Waals surface area (Å²) in [6, 6.07) is 7.97. The van der Waals surface area contributed by atoms with Crippen molar-refractivity contribution < 1.29 is 4.79 Å². The lowest BCUT2D eigenvalue weighted by Gasteiger charge is -2.26. The van der Waals surface area contributed by atoms with E-state index in [1.807, 2.05) is 40.8 Å². The minimum absolute atomic E-state index is 0.221. The molecule has 4 nitrogen and oxygen atoms in total. The van der Waals surface area contributed by atoms with Crippen LogP contribution >= 0.6 is 11.3 Å². The van der Waals surface area contributed by atoms with E-state index < -0.39 is 0 Å². The Balaban J connectivity index is 1.85. The lowest BCUT2D eigenvalue weighted by Crippen LogP contribution is -2.36. The van der Waals surface area contributed by atoms with E-state index in [1.54, 1.807) is 11.3 Å². The van der Waals surface area contributed by atoms with E-state index in [0.717, 1.165) is 42.0 Å². The highest BCUT2D eigenvalue weighted by Crippen LogP contribution is 2.20. The summed E-state index contributed by atoms with van der Waals surface area (Å²) in [5.41, 5.74) is 1.91. The maximum Gasteiger partial charge on any atom is 0.227 e. The Morgan fingerprint density at radius 1 is 1.22 bits per heavy atom. The van der Waals surface area contributed by atoms with E-state index in [0.29, 0.717) is 6.42 Å². The van der Waals surface area contributed by atoms with E-state index in [4.69, 9.17) is 4.99 Å². The van der Waals surface area contributed by atoms with E-state index in [-0.39, 0.29) is 5.91 Å². The van der Waals surface area contributed by atoms with Crippen LogP contribution in [0, 0.1) is 6.92 Å². The fourth-order valence-corrected chi connectivity index (χ4v) is 3.80. The van der Waals surface area contributed by atoms with Crippen LogP contribution in [0.1, 0.15) is 29.7 Å². The van der Waals surface area contributed by atoms with Crippen molar-refractivity contribution in [3.8, 4) is 0 Å². The van der Waals surface area contributed by atoms with Crippen molar-refractivity contribution in [2.75, 3.05) is 13.1 Å². The van der Waals surface area contributed by atoms with Crippen molar-refractivity contribution in [2.24, 2.45) is 12.0 Å². The number of piperidine rings is 1. The van der Waals surface area contributed by atoms with E-state index in [2.05, 4.69) is 13.1 Å². The van der Waals surface area contributed by atoms with Crippen LogP contribution in [-0.2, 0) is 18.3 Å². The molecule has 1 saturated heterocycles. The van der Waals surface area contributed by atoms with Gasteiger partial charge in [0, 0.05) is 31.2 Å². The van der Waals surface area contributed by atoms with Crippen molar-refractivity contribution >= 4 is 22.9 Å². The molecule has 1 aliphatic heterocycles. The SMILES string of the molecule is Cc1cn(C)c(=Nc2ccccc2CC(=O)N2CCCCC2)s1. The van der Waals surface area contributed by atoms with Gasteiger partial charge in [-0.1, -0.05) is 18.2 Å². The number of hydrogen-bond acceptors (Lipinski definition) is 3. The molecule has 122 valence electrons. The number of carbonyl (C=O) groups is 1. The van der Waals surface area contributed by atoms with Crippen molar-refractivity contribution in [3.05, 3.63) is 45.7 Å². The zero-order valence-electron chi connectivity index (χ0n) is 13.8. The topological polar surface area (TPSA) is 37.6 Å². The van der Waals surface area contributed by atoms with Gasteiger partial charge < -0.3 is 9.47 Å². The van der Waals surface area contributed by atoms with E-state index >= 15 is 0 Å². The Morgan fingerprint density at radius 3 is 2.65 bits per heavy atom. The van der Waals surface area contributed by atoms with Gasteiger partial charge >= 0.3 is 0 Å². The molecule has 3 rings (SSSR count). The molecule has 1 amide bonds. The number of benzene rings is 1. The second-order valence-corrected chi connectivity index (χ2v) is 7.31. The standard InChI is InChI=1S/C18H23N3OS/c1-14-13-20(2)18(23-14)19-16-9-5-4-8-15(16)12-17(22)21-10-6-3-7-11-21/h4-5,8-9,13H,3,6-7,10-12H2,1-2H3. The molecule has 2 heterocycles. The fourth-order valence-electron chi connectivity index (χ4n) is 2.96. The average molecular weight is 329 g/mol.